The minimum absolute atomic E-state index is 0.0777. The molecule has 0 bridgehead atoms. The number of carboxylic acids is 1. The molecule has 1 aliphatic rings. The highest BCUT2D eigenvalue weighted by atomic mass is 16.6. The van der Waals surface area contributed by atoms with E-state index in [1.165, 1.54) is 17.2 Å². The lowest BCUT2D eigenvalue weighted by Crippen LogP contribution is -2.38. The van der Waals surface area contributed by atoms with Crippen molar-refractivity contribution in [3.63, 3.8) is 0 Å². The van der Waals surface area contributed by atoms with Gasteiger partial charge >= 0.3 is 12.1 Å². The van der Waals surface area contributed by atoms with Crippen LogP contribution in [0, 0.1) is 0 Å². The van der Waals surface area contributed by atoms with Crippen LogP contribution in [0.15, 0.2) is 18.3 Å². The highest BCUT2D eigenvalue weighted by molar-refractivity contribution is 5.92. The molecule has 1 aliphatic carbocycles. The molecular weight excluding hydrogens is 260 g/mol. The first-order valence-electron chi connectivity index (χ1n) is 6.49. The van der Waals surface area contributed by atoms with Crippen molar-refractivity contribution in [1.29, 1.82) is 0 Å². The molecule has 2 rings (SSSR count). The number of hydrogen-bond donors (Lipinski definition) is 1. The summed E-state index contributed by atoms with van der Waals surface area (Å²) in [6, 6.07) is 3.09. The van der Waals surface area contributed by atoms with Gasteiger partial charge in [0.1, 0.15) is 11.3 Å². The maximum atomic E-state index is 12.3. The number of carbonyl (C=O) groups is 2. The number of carbonyl (C=O) groups excluding carboxylic acids is 1. The first kappa shape index (κ1) is 14.3. The number of pyridine rings is 1. The molecule has 1 aromatic rings. The second-order valence-electron chi connectivity index (χ2n) is 5.79. The van der Waals surface area contributed by atoms with E-state index in [1.54, 1.807) is 26.8 Å². The van der Waals surface area contributed by atoms with Crippen molar-refractivity contribution >= 4 is 17.7 Å². The van der Waals surface area contributed by atoms with Gasteiger partial charge in [-0.05, 0) is 45.7 Å². The van der Waals surface area contributed by atoms with Gasteiger partial charge in [-0.3, -0.25) is 4.90 Å². The van der Waals surface area contributed by atoms with Gasteiger partial charge in [0, 0.05) is 12.2 Å². The summed E-state index contributed by atoms with van der Waals surface area (Å²) < 4.78 is 5.38. The Morgan fingerprint density at radius 3 is 2.55 bits per heavy atom. The number of anilines is 1. The number of amides is 1. The zero-order chi connectivity index (χ0) is 14.9. The molecule has 1 N–H and O–H groups in total. The van der Waals surface area contributed by atoms with E-state index >= 15 is 0 Å². The summed E-state index contributed by atoms with van der Waals surface area (Å²) in [6.07, 6.45) is 2.72. The van der Waals surface area contributed by atoms with Crippen molar-refractivity contribution in [2.24, 2.45) is 0 Å². The Hall–Kier alpha value is -2.11. The quantitative estimate of drug-likeness (QED) is 0.919. The van der Waals surface area contributed by atoms with Gasteiger partial charge in [0.25, 0.3) is 0 Å². The second kappa shape index (κ2) is 5.11. The molecule has 0 unspecified atom stereocenters. The smallest absolute Gasteiger partial charge is 0.415 e. The minimum atomic E-state index is -1.12. The SMILES string of the molecule is CC(C)(C)OC(=O)N(c1ccnc(C(=O)O)c1)C1CC1. The average Bonchev–Trinajstić information content (AvgIpc) is 3.11. The molecule has 1 saturated carbocycles. The second-order valence-corrected chi connectivity index (χ2v) is 5.79. The monoisotopic (exact) mass is 278 g/mol. The van der Waals surface area contributed by atoms with E-state index in [9.17, 15) is 9.59 Å². The largest absolute Gasteiger partial charge is 0.477 e. The van der Waals surface area contributed by atoms with Crippen LogP contribution < -0.4 is 4.90 Å². The van der Waals surface area contributed by atoms with Crippen LogP contribution in [0.5, 0.6) is 0 Å². The fourth-order valence-corrected chi connectivity index (χ4v) is 1.80. The summed E-state index contributed by atoms with van der Waals surface area (Å²) >= 11 is 0. The van der Waals surface area contributed by atoms with Gasteiger partial charge in [-0.15, -0.1) is 0 Å². The summed E-state index contributed by atoms with van der Waals surface area (Å²) in [5.41, 5.74) is -0.168. The Labute approximate surface area is 117 Å². The molecule has 0 aromatic carbocycles. The number of ether oxygens (including phenoxy) is 1. The summed E-state index contributed by atoms with van der Waals surface area (Å²) in [4.78, 5) is 28.5. The first-order chi connectivity index (χ1) is 9.28. The van der Waals surface area contributed by atoms with Crippen LogP contribution >= 0.6 is 0 Å². The molecule has 1 fully saturated rings. The zero-order valence-corrected chi connectivity index (χ0v) is 11.8. The summed E-state index contributed by atoms with van der Waals surface area (Å²) in [5.74, 6) is -1.12. The van der Waals surface area contributed by atoms with E-state index in [1.807, 2.05) is 0 Å². The van der Waals surface area contributed by atoms with Crippen LogP contribution in [0.4, 0.5) is 10.5 Å². The predicted octanol–water partition coefficient (Wildman–Crippen LogP) is 2.68. The molecule has 20 heavy (non-hydrogen) atoms. The van der Waals surface area contributed by atoms with E-state index in [4.69, 9.17) is 9.84 Å². The van der Waals surface area contributed by atoms with Crippen LogP contribution in [-0.2, 0) is 4.74 Å². The highest BCUT2D eigenvalue weighted by Gasteiger charge is 2.36. The van der Waals surface area contributed by atoms with Crippen LogP contribution in [0.1, 0.15) is 44.1 Å². The van der Waals surface area contributed by atoms with Crippen LogP contribution in [-0.4, -0.2) is 33.8 Å². The Morgan fingerprint density at radius 1 is 1.40 bits per heavy atom. The topological polar surface area (TPSA) is 79.7 Å². The van der Waals surface area contributed by atoms with Gasteiger partial charge in [-0.2, -0.15) is 0 Å². The standard InChI is InChI=1S/C14H18N2O4/c1-14(2,3)20-13(19)16(9-4-5-9)10-6-7-15-11(8-10)12(17)18/h6-9H,4-5H2,1-3H3,(H,17,18). The molecule has 108 valence electrons. The van der Waals surface area contributed by atoms with E-state index in [2.05, 4.69) is 4.98 Å². The molecule has 0 saturated heterocycles. The van der Waals surface area contributed by atoms with E-state index in [0.29, 0.717) is 5.69 Å². The first-order valence-corrected chi connectivity index (χ1v) is 6.49. The van der Waals surface area contributed by atoms with E-state index < -0.39 is 17.7 Å². The van der Waals surface area contributed by atoms with Gasteiger partial charge in [-0.1, -0.05) is 0 Å². The normalized spacial score (nSPS) is 14.8. The van der Waals surface area contributed by atoms with Gasteiger partial charge < -0.3 is 9.84 Å². The Bertz CT molecular complexity index is 532. The van der Waals surface area contributed by atoms with E-state index in [0.717, 1.165) is 12.8 Å². The number of aromatic carboxylic acids is 1. The molecule has 6 heteroatoms. The molecule has 0 radical (unpaired) electrons. The van der Waals surface area contributed by atoms with Crippen molar-refractivity contribution in [3.8, 4) is 0 Å². The Balaban J connectivity index is 2.27. The van der Waals surface area contributed by atoms with Gasteiger partial charge in [0.2, 0.25) is 0 Å². The fourth-order valence-electron chi connectivity index (χ4n) is 1.80. The lowest BCUT2D eigenvalue weighted by molar-refractivity contribution is 0.0575. The lowest BCUT2D eigenvalue weighted by Gasteiger charge is -2.27. The van der Waals surface area contributed by atoms with Crippen molar-refractivity contribution in [1.82, 2.24) is 4.98 Å². The van der Waals surface area contributed by atoms with Crippen LogP contribution in [0.25, 0.3) is 0 Å². The molecule has 0 aliphatic heterocycles. The average molecular weight is 278 g/mol. The highest BCUT2D eigenvalue weighted by Crippen LogP contribution is 2.33. The fraction of sp³-hybridized carbons (Fsp3) is 0.500. The van der Waals surface area contributed by atoms with E-state index in [-0.39, 0.29) is 11.7 Å². The predicted molar refractivity (Wildman–Crippen MR) is 72.9 cm³/mol. The van der Waals surface area contributed by atoms with Crippen molar-refractivity contribution < 1.29 is 19.4 Å². The Morgan fingerprint density at radius 2 is 2.05 bits per heavy atom. The molecule has 1 amide bonds. The summed E-state index contributed by atoms with van der Waals surface area (Å²) in [5, 5.41) is 8.97. The third kappa shape index (κ3) is 3.46. The van der Waals surface area contributed by atoms with Crippen molar-refractivity contribution in [2.75, 3.05) is 4.90 Å². The van der Waals surface area contributed by atoms with Gasteiger partial charge in [0.15, 0.2) is 0 Å². The molecule has 1 heterocycles. The lowest BCUT2D eigenvalue weighted by atomic mass is 10.2. The molecule has 0 atom stereocenters. The molecule has 6 nitrogen and oxygen atoms in total. The Kier molecular flexibility index (Phi) is 3.65. The summed E-state index contributed by atoms with van der Waals surface area (Å²) in [7, 11) is 0. The maximum absolute atomic E-state index is 12.3. The molecular formula is C14H18N2O4. The number of aromatic nitrogens is 1. The zero-order valence-electron chi connectivity index (χ0n) is 11.8. The number of nitrogens with zero attached hydrogens (tertiary/aromatic N) is 2. The molecule has 1 aromatic heterocycles. The van der Waals surface area contributed by atoms with Crippen LogP contribution in [0.2, 0.25) is 0 Å². The third-order valence-electron chi connectivity index (χ3n) is 2.74. The number of hydrogen-bond acceptors (Lipinski definition) is 4. The van der Waals surface area contributed by atoms with Crippen molar-refractivity contribution in [3.05, 3.63) is 24.0 Å². The van der Waals surface area contributed by atoms with Crippen LogP contribution in [0.3, 0.4) is 0 Å². The van der Waals surface area contributed by atoms with Gasteiger partial charge in [0.05, 0.1) is 5.69 Å². The number of carboxylic acid groups (broad SMARTS) is 1. The van der Waals surface area contributed by atoms with Gasteiger partial charge in [-0.25, -0.2) is 14.6 Å². The minimum Gasteiger partial charge on any atom is -0.477 e. The number of rotatable bonds is 3. The van der Waals surface area contributed by atoms with Crippen molar-refractivity contribution in [2.45, 2.75) is 45.3 Å². The molecule has 0 spiro atoms. The third-order valence-corrected chi connectivity index (χ3v) is 2.74. The summed E-state index contributed by atoms with van der Waals surface area (Å²) in [6.45, 7) is 5.39. The maximum Gasteiger partial charge on any atom is 0.415 e.